The minimum absolute atomic E-state index is 0.132. The number of anilines is 1. The summed E-state index contributed by atoms with van der Waals surface area (Å²) in [5, 5.41) is 7.28. The summed E-state index contributed by atoms with van der Waals surface area (Å²) >= 11 is 0. The van der Waals surface area contributed by atoms with E-state index >= 15 is 0 Å². The van der Waals surface area contributed by atoms with Crippen LogP contribution in [0.3, 0.4) is 0 Å². The zero-order chi connectivity index (χ0) is 13.2. The average molecular weight is 257 g/mol. The molecule has 2 aromatic rings. The van der Waals surface area contributed by atoms with Gasteiger partial charge < -0.3 is 9.42 Å². The number of amides is 1. The highest BCUT2D eigenvalue weighted by molar-refractivity contribution is 5.94. The fraction of sp³-hybridized carbons (Fsp3) is 0.357. The van der Waals surface area contributed by atoms with Crippen LogP contribution in [-0.2, 0) is 4.79 Å². The van der Waals surface area contributed by atoms with Gasteiger partial charge >= 0.3 is 0 Å². The van der Waals surface area contributed by atoms with Gasteiger partial charge in [0.05, 0.1) is 12.1 Å². The molecule has 1 aromatic heterocycles. The van der Waals surface area contributed by atoms with E-state index in [1.54, 1.807) is 6.20 Å². The van der Waals surface area contributed by atoms with Crippen LogP contribution in [0.1, 0.15) is 37.0 Å². The van der Waals surface area contributed by atoms with Crippen molar-refractivity contribution in [3.05, 3.63) is 41.8 Å². The number of nitrogens with zero attached hydrogens (tertiary/aromatic N) is 3. The van der Waals surface area contributed by atoms with Crippen molar-refractivity contribution in [1.29, 1.82) is 0 Å². The maximum atomic E-state index is 12.0. The summed E-state index contributed by atoms with van der Waals surface area (Å²) in [6.07, 6.45) is 3.00. The highest BCUT2D eigenvalue weighted by Gasteiger charge is 2.30. The number of carbonyl (C=O) groups is 1. The maximum absolute atomic E-state index is 12.0. The topological polar surface area (TPSA) is 59.2 Å². The van der Waals surface area contributed by atoms with Crippen molar-refractivity contribution >= 4 is 11.6 Å². The number of aromatic nitrogens is 2. The number of para-hydroxylation sites is 1. The van der Waals surface area contributed by atoms with Gasteiger partial charge in [0.15, 0.2) is 5.76 Å². The quantitative estimate of drug-likeness (QED) is 0.828. The highest BCUT2D eigenvalue weighted by atomic mass is 16.5. The Morgan fingerprint density at radius 1 is 1.47 bits per heavy atom. The number of rotatable bonds is 2. The third-order valence-electron chi connectivity index (χ3n) is 3.57. The van der Waals surface area contributed by atoms with Gasteiger partial charge in [0.25, 0.3) is 0 Å². The second kappa shape index (κ2) is 4.84. The van der Waals surface area contributed by atoms with E-state index in [1.165, 1.54) is 0 Å². The lowest BCUT2D eigenvalue weighted by Gasteiger charge is -2.33. The third kappa shape index (κ3) is 2.01. The summed E-state index contributed by atoms with van der Waals surface area (Å²) in [5.74, 6) is 1.05. The van der Waals surface area contributed by atoms with Crippen LogP contribution in [0.2, 0.25) is 0 Å². The minimum atomic E-state index is 0.132. The van der Waals surface area contributed by atoms with Crippen molar-refractivity contribution < 1.29 is 9.32 Å². The Hall–Kier alpha value is -2.17. The first-order chi connectivity index (χ1) is 9.31. The van der Waals surface area contributed by atoms with Crippen molar-refractivity contribution in [1.82, 2.24) is 10.4 Å². The molecule has 0 spiro atoms. The Balaban J connectivity index is 2.03. The smallest absolute Gasteiger partial charge is 0.226 e. The van der Waals surface area contributed by atoms with Crippen molar-refractivity contribution in [2.75, 3.05) is 11.4 Å². The average Bonchev–Trinajstić information content (AvgIpc) is 2.99. The van der Waals surface area contributed by atoms with E-state index in [2.05, 4.69) is 10.4 Å². The van der Waals surface area contributed by atoms with Gasteiger partial charge in [0.2, 0.25) is 5.91 Å². The van der Waals surface area contributed by atoms with Crippen LogP contribution >= 0.6 is 0 Å². The van der Waals surface area contributed by atoms with Crippen LogP contribution in [-0.4, -0.2) is 22.8 Å². The summed E-state index contributed by atoms with van der Waals surface area (Å²) < 4.78 is 5.19. The van der Waals surface area contributed by atoms with Gasteiger partial charge in [0, 0.05) is 23.9 Å². The molecule has 0 aliphatic carbocycles. The van der Waals surface area contributed by atoms with Gasteiger partial charge in [-0.05, 0) is 18.1 Å². The Morgan fingerprint density at radius 2 is 2.32 bits per heavy atom. The van der Waals surface area contributed by atoms with Crippen molar-refractivity contribution in [2.45, 2.75) is 25.7 Å². The molecule has 0 saturated carbocycles. The third-order valence-corrected chi connectivity index (χ3v) is 3.57. The van der Waals surface area contributed by atoms with Crippen molar-refractivity contribution in [3.63, 3.8) is 0 Å². The summed E-state index contributed by atoms with van der Waals surface area (Å²) in [6.45, 7) is 2.59. The van der Waals surface area contributed by atoms with Crippen molar-refractivity contribution in [2.24, 2.45) is 0 Å². The molecule has 1 aliphatic rings. The molecule has 0 bridgehead atoms. The highest BCUT2D eigenvalue weighted by Crippen LogP contribution is 2.39. The van der Waals surface area contributed by atoms with Crippen LogP contribution in [0.5, 0.6) is 0 Å². The molecule has 98 valence electrons. The van der Waals surface area contributed by atoms with E-state index in [-0.39, 0.29) is 11.8 Å². The number of benzene rings is 1. The van der Waals surface area contributed by atoms with E-state index in [0.717, 1.165) is 23.4 Å². The molecule has 3 rings (SSSR count). The van der Waals surface area contributed by atoms with E-state index in [9.17, 15) is 4.79 Å². The van der Waals surface area contributed by atoms with Crippen LogP contribution in [0.4, 0.5) is 5.69 Å². The molecule has 5 nitrogen and oxygen atoms in total. The molecule has 1 unspecified atom stereocenters. The maximum Gasteiger partial charge on any atom is 0.226 e. The van der Waals surface area contributed by atoms with E-state index < -0.39 is 0 Å². The molecule has 1 atom stereocenters. The van der Waals surface area contributed by atoms with E-state index in [1.807, 2.05) is 36.1 Å². The number of hydrogen-bond acceptors (Lipinski definition) is 4. The SMILES string of the molecule is CCC(=O)N1CCC(c2cnno2)c2ccccc21. The fourth-order valence-electron chi connectivity index (χ4n) is 2.64. The van der Waals surface area contributed by atoms with Crippen molar-refractivity contribution in [3.8, 4) is 0 Å². The Kier molecular flexibility index (Phi) is 3.03. The van der Waals surface area contributed by atoms with E-state index in [4.69, 9.17) is 4.52 Å². The molecule has 0 N–H and O–H groups in total. The number of fused-ring (bicyclic) bond motifs is 1. The molecule has 0 fully saturated rings. The molecule has 1 amide bonds. The molecule has 1 aliphatic heterocycles. The standard InChI is InChI=1S/C14H15N3O2/c1-2-14(18)17-8-7-11(13-9-15-16-19-13)10-5-3-4-6-12(10)17/h3-6,9,11H,2,7-8H2,1H3. The lowest BCUT2D eigenvalue weighted by Crippen LogP contribution is -2.36. The second-order valence-corrected chi connectivity index (χ2v) is 4.62. The van der Waals surface area contributed by atoms with Gasteiger partial charge in [-0.15, -0.1) is 5.10 Å². The lowest BCUT2D eigenvalue weighted by molar-refractivity contribution is -0.118. The minimum Gasteiger partial charge on any atom is -0.341 e. The zero-order valence-corrected chi connectivity index (χ0v) is 10.7. The first kappa shape index (κ1) is 11.9. The van der Waals surface area contributed by atoms with Gasteiger partial charge in [-0.2, -0.15) is 0 Å². The van der Waals surface area contributed by atoms with Crippen LogP contribution in [0.25, 0.3) is 0 Å². The van der Waals surface area contributed by atoms with Gasteiger partial charge in [-0.1, -0.05) is 25.1 Å². The van der Waals surface area contributed by atoms with Crippen LogP contribution < -0.4 is 4.90 Å². The zero-order valence-electron chi connectivity index (χ0n) is 10.7. The number of hydrogen-bond donors (Lipinski definition) is 0. The number of carbonyl (C=O) groups excluding carboxylic acids is 1. The van der Waals surface area contributed by atoms with Crippen LogP contribution in [0.15, 0.2) is 35.0 Å². The molecule has 2 heterocycles. The molecule has 1 aromatic carbocycles. The Bertz CT molecular complexity index is 580. The normalized spacial score (nSPS) is 18.2. The molecular formula is C14H15N3O2. The predicted octanol–water partition coefficient (Wildman–Crippen LogP) is 2.35. The predicted molar refractivity (Wildman–Crippen MR) is 69.8 cm³/mol. The van der Waals surface area contributed by atoms with Gasteiger partial charge in [-0.3, -0.25) is 4.79 Å². The Morgan fingerprint density at radius 3 is 3.05 bits per heavy atom. The molecule has 5 heteroatoms. The summed E-state index contributed by atoms with van der Waals surface area (Å²) in [5.41, 5.74) is 2.08. The van der Waals surface area contributed by atoms with Gasteiger partial charge in [0.1, 0.15) is 0 Å². The largest absolute Gasteiger partial charge is 0.341 e. The molecule has 19 heavy (non-hydrogen) atoms. The Labute approximate surface area is 111 Å². The second-order valence-electron chi connectivity index (χ2n) is 4.62. The monoisotopic (exact) mass is 257 g/mol. The van der Waals surface area contributed by atoms with E-state index in [0.29, 0.717) is 13.0 Å². The lowest BCUT2D eigenvalue weighted by atomic mass is 9.88. The molecule has 0 saturated heterocycles. The van der Waals surface area contributed by atoms with Gasteiger partial charge in [-0.25, -0.2) is 0 Å². The molecular weight excluding hydrogens is 242 g/mol. The molecule has 0 radical (unpaired) electrons. The fourth-order valence-corrected chi connectivity index (χ4v) is 2.64. The summed E-state index contributed by atoms with van der Waals surface area (Å²) in [6, 6.07) is 7.96. The van der Waals surface area contributed by atoms with Crippen LogP contribution in [0, 0.1) is 0 Å². The summed E-state index contributed by atoms with van der Waals surface area (Å²) in [7, 11) is 0. The first-order valence-corrected chi connectivity index (χ1v) is 6.47. The summed E-state index contributed by atoms with van der Waals surface area (Å²) in [4.78, 5) is 13.9. The first-order valence-electron chi connectivity index (χ1n) is 6.47.